The average molecular weight is 392 g/mol. The highest BCUT2D eigenvalue weighted by Gasteiger charge is 2.22. The molecule has 0 radical (unpaired) electrons. The van der Waals surface area contributed by atoms with Crippen LogP contribution in [0, 0.1) is 0 Å². The number of ether oxygens (including phenoxy) is 3. The Morgan fingerprint density at radius 2 is 1.89 bits per heavy atom. The third-order valence-electron chi connectivity index (χ3n) is 4.63. The zero-order valence-electron chi connectivity index (χ0n) is 18.2. The molecule has 2 rings (SSSR count). The van der Waals surface area contributed by atoms with Gasteiger partial charge in [0.15, 0.2) is 5.96 Å². The molecule has 1 heterocycles. The van der Waals surface area contributed by atoms with E-state index in [9.17, 15) is 0 Å². The number of nitrogens with one attached hydrogen (secondary N) is 1. The summed E-state index contributed by atoms with van der Waals surface area (Å²) < 4.78 is 17.1. The van der Waals surface area contributed by atoms with Crippen LogP contribution in [-0.4, -0.2) is 63.0 Å². The first kappa shape index (κ1) is 22.5. The Morgan fingerprint density at radius 3 is 2.54 bits per heavy atom. The van der Waals surface area contributed by atoms with Crippen molar-refractivity contribution in [3.8, 4) is 5.75 Å². The first-order valence-electron chi connectivity index (χ1n) is 10.3. The van der Waals surface area contributed by atoms with E-state index < -0.39 is 0 Å². The Labute approximate surface area is 170 Å². The number of aliphatic imine (C=N–C) groups is 1. The Balaban J connectivity index is 1.83. The Hall–Kier alpha value is -1.79. The van der Waals surface area contributed by atoms with Crippen LogP contribution >= 0.6 is 0 Å². The summed E-state index contributed by atoms with van der Waals surface area (Å²) in [4.78, 5) is 6.78. The Morgan fingerprint density at radius 1 is 1.18 bits per heavy atom. The lowest BCUT2D eigenvalue weighted by atomic mass is 10.1. The number of likely N-dealkylation sites (tertiary alicyclic amines) is 1. The molecule has 6 nitrogen and oxygen atoms in total. The van der Waals surface area contributed by atoms with Crippen LogP contribution in [0.15, 0.2) is 29.3 Å². The predicted octanol–water partition coefficient (Wildman–Crippen LogP) is 3.46. The summed E-state index contributed by atoms with van der Waals surface area (Å²) in [5.41, 5.74) is 0.915. The smallest absolute Gasteiger partial charge is 0.193 e. The van der Waals surface area contributed by atoms with Gasteiger partial charge in [0.25, 0.3) is 0 Å². The van der Waals surface area contributed by atoms with Crippen molar-refractivity contribution in [1.82, 2.24) is 10.2 Å². The van der Waals surface area contributed by atoms with Gasteiger partial charge in [-0.3, -0.25) is 4.99 Å². The predicted molar refractivity (Wildman–Crippen MR) is 114 cm³/mol. The highest BCUT2D eigenvalue weighted by Crippen LogP contribution is 2.23. The molecule has 1 fully saturated rings. The van der Waals surface area contributed by atoms with Crippen molar-refractivity contribution in [3.63, 3.8) is 0 Å². The molecular weight excluding hydrogens is 354 g/mol. The minimum atomic E-state index is -0.219. The summed E-state index contributed by atoms with van der Waals surface area (Å²) in [5.74, 6) is 1.85. The van der Waals surface area contributed by atoms with Gasteiger partial charge in [-0.2, -0.15) is 0 Å². The monoisotopic (exact) mass is 391 g/mol. The number of nitrogens with zero attached hydrogens (tertiary/aromatic N) is 2. The maximum Gasteiger partial charge on any atom is 0.193 e. The van der Waals surface area contributed by atoms with E-state index >= 15 is 0 Å². The molecule has 1 aliphatic rings. The van der Waals surface area contributed by atoms with Crippen LogP contribution in [0.2, 0.25) is 0 Å². The molecule has 0 atom stereocenters. The van der Waals surface area contributed by atoms with Crippen molar-refractivity contribution < 1.29 is 14.2 Å². The maximum atomic E-state index is 6.09. The SMILES string of the molecule is CN=C(NCc1ccccc1OC(C)(C)C)N1CCC(OCCCOC)CC1. The Bertz CT molecular complexity index is 605. The number of methoxy groups -OCH3 is 1. The van der Waals surface area contributed by atoms with Crippen molar-refractivity contribution in [2.24, 2.45) is 4.99 Å². The number of benzene rings is 1. The van der Waals surface area contributed by atoms with Gasteiger partial charge in [-0.15, -0.1) is 0 Å². The summed E-state index contributed by atoms with van der Waals surface area (Å²) >= 11 is 0. The molecule has 0 aliphatic carbocycles. The van der Waals surface area contributed by atoms with Gasteiger partial charge in [0.2, 0.25) is 0 Å². The molecule has 1 aliphatic heterocycles. The first-order chi connectivity index (χ1) is 13.4. The van der Waals surface area contributed by atoms with E-state index in [1.807, 2.05) is 25.2 Å². The molecule has 1 N–H and O–H groups in total. The fraction of sp³-hybridized carbons (Fsp3) is 0.682. The van der Waals surface area contributed by atoms with Gasteiger partial charge in [-0.1, -0.05) is 18.2 Å². The topological polar surface area (TPSA) is 55.3 Å². The van der Waals surface area contributed by atoms with Crippen LogP contribution in [0.4, 0.5) is 0 Å². The molecule has 1 aromatic rings. The molecule has 0 unspecified atom stereocenters. The number of rotatable bonds is 8. The number of guanidine groups is 1. The molecule has 0 aromatic heterocycles. The molecule has 158 valence electrons. The van der Waals surface area contributed by atoms with E-state index in [0.29, 0.717) is 12.6 Å². The van der Waals surface area contributed by atoms with Crippen LogP contribution in [0.5, 0.6) is 5.75 Å². The van der Waals surface area contributed by atoms with Crippen molar-refractivity contribution in [2.45, 2.75) is 58.3 Å². The minimum absolute atomic E-state index is 0.219. The van der Waals surface area contributed by atoms with Crippen LogP contribution in [0.3, 0.4) is 0 Å². The highest BCUT2D eigenvalue weighted by atomic mass is 16.5. The molecule has 0 amide bonds. The quantitative estimate of drug-likeness (QED) is 0.418. The minimum Gasteiger partial charge on any atom is -0.488 e. The van der Waals surface area contributed by atoms with E-state index in [-0.39, 0.29) is 5.60 Å². The largest absolute Gasteiger partial charge is 0.488 e. The van der Waals surface area contributed by atoms with Gasteiger partial charge in [0.05, 0.1) is 6.10 Å². The molecule has 28 heavy (non-hydrogen) atoms. The van der Waals surface area contributed by atoms with E-state index in [1.165, 1.54) is 0 Å². The first-order valence-corrected chi connectivity index (χ1v) is 10.3. The van der Waals surface area contributed by atoms with Crippen LogP contribution < -0.4 is 10.1 Å². The van der Waals surface area contributed by atoms with Gasteiger partial charge < -0.3 is 24.4 Å². The van der Waals surface area contributed by atoms with Gasteiger partial charge >= 0.3 is 0 Å². The third-order valence-corrected chi connectivity index (χ3v) is 4.63. The van der Waals surface area contributed by atoms with E-state index in [1.54, 1.807) is 7.11 Å². The molecule has 1 saturated heterocycles. The van der Waals surface area contributed by atoms with E-state index in [0.717, 1.165) is 62.8 Å². The molecule has 0 spiro atoms. The highest BCUT2D eigenvalue weighted by molar-refractivity contribution is 5.80. The second kappa shape index (κ2) is 11.3. The van der Waals surface area contributed by atoms with Gasteiger partial charge in [0.1, 0.15) is 11.4 Å². The molecular formula is C22H37N3O3. The van der Waals surface area contributed by atoms with E-state index in [4.69, 9.17) is 14.2 Å². The molecule has 0 bridgehead atoms. The second-order valence-electron chi connectivity index (χ2n) is 8.13. The van der Waals surface area contributed by atoms with Crippen molar-refractivity contribution in [1.29, 1.82) is 0 Å². The number of para-hydroxylation sites is 1. The number of hydrogen-bond donors (Lipinski definition) is 1. The average Bonchev–Trinajstić information content (AvgIpc) is 2.67. The van der Waals surface area contributed by atoms with E-state index in [2.05, 4.69) is 42.0 Å². The fourth-order valence-electron chi connectivity index (χ4n) is 3.27. The molecule has 0 saturated carbocycles. The summed E-state index contributed by atoms with van der Waals surface area (Å²) in [7, 11) is 3.57. The molecule has 6 heteroatoms. The van der Waals surface area contributed by atoms with Crippen molar-refractivity contribution >= 4 is 5.96 Å². The zero-order valence-corrected chi connectivity index (χ0v) is 18.2. The lowest BCUT2D eigenvalue weighted by molar-refractivity contribution is 0.00989. The summed E-state index contributed by atoms with van der Waals surface area (Å²) in [5, 5.41) is 3.49. The van der Waals surface area contributed by atoms with Crippen LogP contribution in [-0.2, 0) is 16.0 Å². The third kappa shape index (κ3) is 7.68. The summed E-state index contributed by atoms with van der Waals surface area (Å²) in [6, 6.07) is 8.18. The summed E-state index contributed by atoms with van der Waals surface area (Å²) in [6.07, 6.45) is 3.34. The second-order valence-corrected chi connectivity index (χ2v) is 8.13. The zero-order chi connectivity index (χ0) is 20.4. The number of piperidine rings is 1. The fourth-order valence-corrected chi connectivity index (χ4v) is 3.27. The van der Waals surface area contributed by atoms with Crippen LogP contribution in [0.25, 0.3) is 0 Å². The van der Waals surface area contributed by atoms with Gasteiger partial charge in [0, 0.05) is 52.6 Å². The van der Waals surface area contributed by atoms with Gasteiger partial charge in [-0.25, -0.2) is 0 Å². The molecule has 1 aromatic carbocycles. The summed E-state index contributed by atoms with van der Waals surface area (Å²) in [6.45, 7) is 10.3. The lowest BCUT2D eigenvalue weighted by Crippen LogP contribution is -2.46. The normalized spacial score (nSPS) is 16.3. The van der Waals surface area contributed by atoms with Crippen molar-refractivity contribution in [2.75, 3.05) is 40.5 Å². The van der Waals surface area contributed by atoms with Gasteiger partial charge in [-0.05, 0) is 46.1 Å². The van der Waals surface area contributed by atoms with Crippen LogP contribution in [0.1, 0.15) is 45.6 Å². The lowest BCUT2D eigenvalue weighted by Gasteiger charge is -2.34. The van der Waals surface area contributed by atoms with Crippen molar-refractivity contribution in [3.05, 3.63) is 29.8 Å². The maximum absolute atomic E-state index is 6.09. The Kier molecular flexibility index (Phi) is 9.06. The number of hydrogen-bond acceptors (Lipinski definition) is 4. The standard InChI is InChI=1S/C22H37N3O3/c1-22(2,3)28-20-10-7-6-9-18(20)17-24-21(23-4)25-13-11-19(12-14-25)27-16-8-15-26-5/h6-7,9-10,19H,8,11-17H2,1-5H3,(H,23,24).